The molecule has 6 aliphatic heterocycles. The predicted molar refractivity (Wildman–Crippen MR) is 572 cm³/mol. The Morgan fingerprint density at radius 2 is 0.654 bits per heavy atom. The average molecular weight is 1760 g/mol. The Bertz CT molecular complexity index is 8240. The molecule has 26 rings (SSSR count). The molecule has 20 aromatic rings. The zero-order chi connectivity index (χ0) is 91.7. The van der Waals surface area contributed by atoms with E-state index in [1.165, 1.54) is 22.1 Å². The van der Waals surface area contributed by atoms with E-state index >= 15 is 0 Å². The molecule has 1 N–H and O–H groups in total. The highest BCUT2D eigenvalue weighted by molar-refractivity contribution is 7.04. The van der Waals surface area contributed by atoms with Crippen LogP contribution < -0.4 is 93.4 Å². The second-order valence-corrected chi connectivity index (χ2v) is 39.9. The van der Waals surface area contributed by atoms with Crippen LogP contribution in [0.4, 0.5) is 114 Å². The molecule has 652 valence electrons. The maximum Gasteiger partial charge on any atom is 0.256 e. The van der Waals surface area contributed by atoms with E-state index in [-0.39, 0.29) is 17.5 Å². The van der Waals surface area contributed by atoms with Crippen molar-refractivity contribution in [3.63, 3.8) is 0 Å². The molecule has 0 radical (unpaired) electrons. The van der Waals surface area contributed by atoms with E-state index in [1.54, 1.807) is 0 Å². The van der Waals surface area contributed by atoms with Crippen molar-refractivity contribution in [1.82, 2.24) is 0 Å². The zero-order valence-electron chi connectivity index (χ0n) is 78.1. The lowest BCUT2D eigenvalue weighted by molar-refractivity contribution is 0.488. The smallest absolute Gasteiger partial charge is 0.256 e. The SMILES string of the molecule is Cc1cc(C)c(N2c3cc4c(cc3B3c5cc6c(cc5Oc5cc(N(c7ccccc7)c7ccccc7)cc2c53)N(c2c(C)cc(C)cc2C)c2cc(N(c3ccccc3)c3ccccc3)cc3c2B6c2ccc5oc6c(C(C)(C)C)cccc6c5c2O3)B2c3ccc5oc6c(C(C)(C)C)cccc6c5c3N(c3ccccc3)c3cc(N(c5ccccc5)c5ccccc5)cc(c32)N4)c(C)c1. The Labute approximate surface area is 793 Å². The fourth-order valence-electron chi connectivity index (χ4n) is 23.8. The minimum absolute atomic E-state index is 0.233. The number of para-hydroxylation sites is 9. The number of aryl methyl sites for hydroxylation is 6. The summed E-state index contributed by atoms with van der Waals surface area (Å²) in [5, 5.41) is 8.52. The molecule has 136 heavy (non-hydrogen) atoms. The fourth-order valence-corrected chi connectivity index (χ4v) is 23.8. The summed E-state index contributed by atoms with van der Waals surface area (Å²) in [6.45, 7) is 26.1. The Balaban J connectivity index is 0.795. The molecule has 6 aliphatic rings. The van der Waals surface area contributed by atoms with Gasteiger partial charge in [-0.3, -0.25) is 0 Å². The van der Waals surface area contributed by atoms with Crippen molar-refractivity contribution in [3.8, 4) is 23.0 Å². The van der Waals surface area contributed by atoms with Crippen LogP contribution in [0, 0.1) is 41.5 Å². The van der Waals surface area contributed by atoms with Gasteiger partial charge in [0, 0.05) is 120 Å². The molecule has 0 amide bonds. The van der Waals surface area contributed by atoms with Gasteiger partial charge < -0.3 is 53.0 Å². The third kappa shape index (κ3) is 12.3. The van der Waals surface area contributed by atoms with Crippen LogP contribution in [-0.2, 0) is 10.8 Å². The first-order chi connectivity index (χ1) is 66.2. The Hall–Kier alpha value is -16.0. The second-order valence-electron chi connectivity index (χ2n) is 39.9. The molecule has 0 unspecified atom stereocenters. The molecule has 0 aliphatic carbocycles. The fraction of sp³-hybridized carbons (Fsp3) is 0.115. The lowest BCUT2D eigenvalue weighted by Crippen LogP contribution is -2.65. The molecule has 11 nitrogen and oxygen atoms in total. The summed E-state index contributed by atoms with van der Waals surface area (Å²) in [7, 11) is 0. The maximum atomic E-state index is 8.33. The van der Waals surface area contributed by atoms with Crippen LogP contribution in [0.2, 0.25) is 0 Å². The number of nitrogens with zero attached hydrogens (tertiary/aromatic N) is 6. The number of hydrogen-bond acceptors (Lipinski definition) is 11. The summed E-state index contributed by atoms with van der Waals surface area (Å²) < 4.78 is 31.0. The molecular weight excluding hydrogens is 1660 g/mol. The highest BCUT2D eigenvalue weighted by Gasteiger charge is 2.52. The molecular formula is C122H96B3N7O4. The van der Waals surface area contributed by atoms with Crippen molar-refractivity contribution in [2.45, 2.75) is 93.9 Å². The maximum absolute atomic E-state index is 8.33. The number of rotatable bonds is 12. The third-order valence-corrected chi connectivity index (χ3v) is 29.1. The number of benzene rings is 18. The van der Waals surface area contributed by atoms with E-state index in [0.717, 1.165) is 252 Å². The first-order valence-corrected chi connectivity index (χ1v) is 47.5. The van der Waals surface area contributed by atoms with Gasteiger partial charge in [0.1, 0.15) is 45.3 Å². The van der Waals surface area contributed by atoms with Gasteiger partial charge in [0.25, 0.3) is 20.1 Å². The van der Waals surface area contributed by atoms with Gasteiger partial charge >= 0.3 is 0 Å². The van der Waals surface area contributed by atoms with Gasteiger partial charge in [0.05, 0.1) is 44.9 Å². The van der Waals surface area contributed by atoms with Gasteiger partial charge in [-0.25, -0.2) is 0 Å². The number of anilines is 20. The molecule has 0 bridgehead atoms. The predicted octanol–water partition coefficient (Wildman–Crippen LogP) is 27.5. The van der Waals surface area contributed by atoms with Crippen molar-refractivity contribution in [2.75, 3.05) is 34.7 Å². The highest BCUT2D eigenvalue weighted by atomic mass is 16.5. The quantitative estimate of drug-likeness (QED) is 0.119. The van der Waals surface area contributed by atoms with Gasteiger partial charge in [-0.2, -0.15) is 0 Å². The lowest BCUT2D eigenvalue weighted by atomic mass is 9.29. The molecule has 2 aromatic heterocycles. The molecule has 8 heterocycles. The number of hydrogen-bond donors (Lipinski definition) is 1. The van der Waals surface area contributed by atoms with Gasteiger partial charge in [-0.05, 0) is 251 Å². The van der Waals surface area contributed by atoms with Crippen LogP contribution >= 0.6 is 0 Å². The number of ether oxygens (including phenoxy) is 2. The normalized spacial score (nSPS) is 13.4. The summed E-state index contributed by atoms with van der Waals surface area (Å²) >= 11 is 0. The van der Waals surface area contributed by atoms with Crippen molar-refractivity contribution in [1.29, 1.82) is 0 Å². The zero-order valence-corrected chi connectivity index (χ0v) is 78.1. The third-order valence-electron chi connectivity index (χ3n) is 29.1. The van der Waals surface area contributed by atoms with E-state index < -0.39 is 13.4 Å². The minimum Gasteiger partial charge on any atom is -0.458 e. The highest BCUT2D eigenvalue weighted by Crippen LogP contribution is 2.56. The number of furan rings is 2. The minimum atomic E-state index is -0.466. The molecule has 0 spiro atoms. The molecule has 14 heteroatoms. The summed E-state index contributed by atoms with van der Waals surface area (Å²) in [5.74, 6) is 3.07. The van der Waals surface area contributed by atoms with Crippen LogP contribution in [-0.4, -0.2) is 20.1 Å². The van der Waals surface area contributed by atoms with Crippen LogP contribution in [0.3, 0.4) is 0 Å². The van der Waals surface area contributed by atoms with Gasteiger partial charge in [0.2, 0.25) is 0 Å². The summed E-state index contributed by atoms with van der Waals surface area (Å²) in [5.41, 5.74) is 42.6. The molecule has 0 atom stereocenters. The molecule has 0 saturated carbocycles. The van der Waals surface area contributed by atoms with E-state index in [0.29, 0.717) is 0 Å². The molecule has 18 aromatic carbocycles. The summed E-state index contributed by atoms with van der Waals surface area (Å²) in [6.07, 6.45) is 0. The largest absolute Gasteiger partial charge is 0.458 e. The van der Waals surface area contributed by atoms with E-state index in [4.69, 9.17) is 18.3 Å². The van der Waals surface area contributed by atoms with Crippen LogP contribution in [0.15, 0.2) is 367 Å². The van der Waals surface area contributed by atoms with Crippen molar-refractivity contribution in [3.05, 3.63) is 402 Å². The summed E-state index contributed by atoms with van der Waals surface area (Å²) in [4.78, 5) is 14.9. The standard InChI is InChI=1S/C122H96B3N7O4/c1-72-58-74(3)115(75(4)59-72)131-100-70-98-94(123-92-54-56-105-110(88-50-34-52-90(118(88)134-105)121(7,8)9)117(92)130(84-48-32-19-33-49-84)102-63-85(62-99(126-98)112(102)123)127(78-36-20-13-21-37-78)79-38-22-14-23-39-79)68-95(100)125-97-69-96-101(71-107(97)133-108-66-86(64-103(131)113(108)125)128(80-40-24-15-25-41-80)81-42-26-16-27-43-81)132(116-76(5)60-73(2)61-77(116)6)104-65-87(129(82-44-28-17-29-45-82)83-46-30-18-31-47-83)67-109-114(104)124(96)93-55-57-106-111(120(93)136-109)89-51-35-53-91(119(89)135-106)122(10,11)12/h13-71,126H,1-12H3. The van der Waals surface area contributed by atoms with Gasteiger partial charge in [0.15, 0.2) is 0 Å². The number of fused-ring (bicyclic) bond motifs is 20. The molecule has 0 fully saturated rings. The lowest BCUT2D eigenvalue weighted by Gasteiger charge is -2.45. The van der Waals surface area contributed by atoms with Crippen molar-refractivity contribution >= 4 is 227 Å². The number of nitrogens with one attached hydrogen (secondary N) is 1. The monoisotopic (exact) mass is 1760 g/mol. The molecule has 0 saturated heterocycles. The van der Waals surface area contributed by atoms with Gasteiger partial charge in [-0.15, -0.1) is 0 Å². The first kappa shape index (κ1) is 80.8. The van der Waals surface area contributed by atoms with E-state index in [2.05, 4.69) is 476 Å². The van der Waals surface area contributed by atoms with Crippen molar-refractivity contribution < 1.29 is 18.3 Å². The topological polar surface area (TPSA) is 76.2 Å². The van der Waals surface area contributed by atoms with Crippen LogP contribution in [0.5, 0.6) is 23.0 Å². The Morgan fingerprint density at radius 1 is 0.272 bits per heavy atom. The van der Waals surface area contributed by atoms with Crippen molar-refractivity contribution in [2.24, 2.45) is 0 Å². The van der Waals surface area contributed by atoms with Crippen LogP contribution in [0.1, 0.15) is 86.1 Å². The van der Waals surface area contributed by atoms with Crippen LogP contribution in [0.25, 0.3) is 43.9 Å². The Kier molecular flexibility index (Phi) is 18.0. The van der Waals surface area contributed by atoms with E-state index in [9.17, 15) is 0 Å². The first-order valence-electron chi connectivity index (χ1n) is 47.5. The van der Waals surface area contributed by atoms with E-state index in [1.807, 2.05) is 0 Å². The Morgan fingerprint density at radius 3 is 1.11 bits per heavy atom. The second kappa shape index (κ2) is 30.2. The van der Waals surface area contributed by atoms with Gasteiger partial charge in [-0.1, -0.05) is 265 Å². The summed E-state index contributed by atoms with van der Waals surface area (Å²) in [6, 6.07) is 132. The average Bonchev–Trinajstić information content (AvgIpc) is 0.923.